The number of thioether (sulfide) groups is 1. The van der Waals surface area contributed by atoms with E-state index >= 15 is 0 Å². The average Bonchev–Trinajstić information content (AvgIpc) is 3.44. The van der Waals surface area contributed by atoms with E-state index in [-0.39, 0.29) is 17.6 Å². The Morgan fingerprint density at radius 2 is 1.80 bits per heavy atom. The number of nitriles is 1. The molecule has 5 nitrogen and oxygen atoms in total. The lowest BCUT2D eigenvalue weighted by molar-refractivity contribution is -0.119. The standard InChI is InChI=1S/C22H16FN3O2S2/c23-16-5-3-15(4-6-16)19-9-10-20(30-19)22(28)26-13-29-12-18(26)21(27)25-17-7-1-14(11-24)2-8-17/h1-10,18H,12-13H2,(H,25,27). The Kier molecular flexibility index (Phi) is 5.84. The van der Waals surface area contributed by atoms with Gasteiger partial charge in [-0.25, -0.2) is 4.39 Å². The van der Waals surface area contributed by atoms with Gasteiger partial charge >= 0.3 is 0 Å². The Balaban J connectivity index is 1.47. The molecule has 1 aliphatic heterocycles. The van der Waals surface area contributed by atoms with Gasteiger partial charge in [0.1, 0.15) is 11.9 Å². The van der Waals surface area contributed by atoms with Gasteiger partial charge in [0.15, 0.2) is 0 Å². The van der Waals surface area contributed by atoms with E-state index in [0.717, 1.165) is 10.4 Å². The third-order valence-electron chi connectivity index (χ3n) is 4.67. The summed E-state index contributed by atoms with van der Waals surface area (Å²) >= 11 is 2.85. The molecule has 1 atom stereocenters. The molecule has 0 spiro atoms. The maximum absolute atomic E-state index is 13.1. The molecule has 0 radical (unpaired) electrons. The number of thiophene rings is 1. The largest absolute Gasteiger partial charge is 0.324 e. The van der Waals surface area contributed by atoms with Crippen LogP contribution in [0.4, 0.5) is 10.1 Å². The van der Waals surface area contributed by atoms with E-state index in [0.29, 0.717) is 27.8 Å². The van der Waals surface area contributed by atoms with Crippen molar-refractivity contribution in [1.29, 1.82) is 5.26 Å². The highest BCUT2D eigenvalue weighted by Crippen LogP contribution is 2.31. The van der Waals surface area contributed by atoms with E-state index in [1.54, 1.807) is 47.4 Å². The quantitative estimate of drug-likeness (QED) is 0.648. The first kappa shape index (κ1) is 20.1. The van der Waals surface area contributed by atoms with Crippen LogP contribution in [0.3, 0.4) is 0 Å². The first-order chi connectivity index (χ1) is 14.5. The number of anilines is 1. The molecule has 2 amide bonds. The summed E-state index contributed by atoms with van der Waals surface area (Å²) in [5.41, 5.74) is 1.93. The highest BCUT2D eigenvalue weighted by Gasteiger charge is 2.35. The molecule has 0 aliphatic carbocycles. The summed E-state index contributed by atoms with van der Waals surface area (Å²) < 4.78 is 13.1. The molecule has 2 heterocycles. The van der Waals surface area contributed by atoms with Crippen molar-refractivity contribution in [3.05, 3.63) is 76.9 Å². The fourth-order valence-corrected chi connectivity index (χ4v) is 5.20. The van der Waals surface area contributed by atoms with Crippen LogP contribution in [0.1, 0.15) is 15.2 Å². The van der Waals surface area contributed by atoms with Crippen LogP contribution in [0.25, 0.3) is 10.4 Å². The van der Waals surface area contributed by atoms with Gasteiger partial charge in [-0.3, -0.25) is 9.59 Å². The predicted molar refractivity (Wildman–Crippen MR) is 117 cm³/mol. The van der Waals surface area contributed by atoms with E-state index in [1.807, 2.05) is 12.1 Å². The summed E-state index contributed by atoms with van der Waals surface area (Å²) in [4.78, 5) is 28.8. The van der Waals surface area contributed by atoms with Crippen LogP contribution >= 0.6 is 23.1 Å². The van der Waals surface area contributed by atoms with E-state index in [2.05, 4.69) is 5.32 Å². The zero-order valence-corrected chi connectivity index (χ0v) is 17.3. The second kappa shape index (κ2) is 8.69. The normalized spacial score (nSPS) is 15.6. The third-order valence-corrected chi connectivity index (χ3v) is 6.81. The summed E-state index contributed by atoms with van der Waals surface area (Å²) in [5, 5.41) is 11.7. The summed E-state index contributed by atoms with van der Waals surface area (Å²) in [7, 11) is 0. The summed E-state index contributed by atoms with van der Waals surface area (Å²) in [5.74, 6) is 0.196. The Morgan fingerprint density at radius 3 is 2.50 bits per heavy atom. The Labute approximate surface area is 181 Å². The molecule has 1 N–H and O–H groups in total. The van der Waals surface area contributed by atoms with Crippen molar-refractivity contribution < 1.29 is 14.0 Å². The Hall–Kier alpha value is -3.15. The lowest BCUT2D eigenvalue weighted by Crippen LogP contribution is -2.44. The van der Waals surface area contributed by atoms with Gasteiger partial charge in [0.2, 0.25) is 5.91 Å². The number of halogens is 1. The molecule has 150 valence electrons. The van der Waals surface area contributed by atoms with Crippen LogP contribution < -0.4 is 5.32 Å². The Bertz CT molecular complexity index is 1120. The van der Waals surface area contributed by atoms with Crippen LogP contribution in [-0.4, -0.2) is 34.4 Å². The van der Waals surface area contributed by atoms with Crippen molar-refractivity contribution in [2.24, 2.45) is 0 Å². The summed E-state index contributed by atoms with van der Waals surface area (Å²) in [6.07, 6.45) is 0. The SMILES string of the molecule is N#Cc1ccc(NC(=O)C2CSCN2C(=O)c2ccc(-c3ccc(F)cc3)s2)cc1. The number of rotatable bonds is 4. The summed E-state index contributed by atoms with van der Waals surface area (Å²) in [6, 6.07) is 17.7. The number of benzene rings is 2. The van der Waals surface area contributed by atoms with E-state index < -0.39 is 6.04 Å². The molecule has 0 saturated carbocycles. The number of nitrogens with zero attached hydrogens (tertiary/aromatic N) is 2. The zero-order valence-electron chi connectivity index (χ0n) is 15.7. The smallest absolute Gasteiger partial charge is 0.265 e. The van der Waals surface area contributed by atoms with Gasteiger partial charge in [-0.2, -0.15) is 5.26 Å². The molecule has 3 aromatic rings. The zero-order chi connectivity index (χ0) is 21.1. The number of amides is 2. The van der Waals surface area contributed by atoms with Crippen LogP contribution in [0.5, 0.6) is 0 Å². The van der Waals surface area contributed by atoms with Crippen LogP contribution in [-0.2, 0) is 4.79 Å². The molecular formula is C22H16FN3O2S2. The number of hydrogen-bond donors (Lipinski definition) is 1. The molecule has 30 heavy (non-hydrogen) atoms. The lowest BCUT2D eigenvalue weighted by Gasteiger charge is -2.22. The molecule has 1 unspecified atom stereocenters. The predicted octanol–water partition coefficient (Wildman–Crippen LogP) is 4.58. The molecule has 1 fully saturated rings. The van der Waals surface area contributed by atoms with Crippen LogP contribution in [0.2, 0.25) is 0 Å². The summed E-state index contributed by atoms with van der Waals surface area (Å²) in [6.45, 7) is 0. The number of carbonyl (C=O) groups is 2. The second-order valence-electron chi connectivity index (χ2n) is 6.64. The maximum Gasteiger partial charge on any atom is 0.265 e. The number of hydrogen-bond acceptors (Lipinski definition) is 5. The van der Waals surface area contributed by atoms with E-state index in [1.165, 1.54) is 35.2 Å². The van der Waals surface area contributed by atoms with Gasteiger partial charge in [-0.15, -0.1) is 23.1 Å². The number of nitrogens with one attached hydrogen (secondary N) is 1. The molecule has 1 aromatic heterocycles. The molecule has 1 saturated heterocycles. The topological polar surface area (TPSA) is 73.2 Å². The van der Waals surface area contributed by atoms with Crippen molar-refractivity contribution in [1.82, 2.24) is 4.90 Å². The second-order valence-corrected chi connectivity index (χ2v) is 8.72. The first-order valence-electron chi connectivity index (χ1n) is 9.10. The minimum Gasteiger partial charge on any atom is -0.324 e. The minimum absolute atomic E-state index is 0.196. The molecule has 8 heteroatoms. The monoisotopic (exact) mass is 437 g/mol. The highest BCUT2D eigenvalue weighted by molar-refractivity contribution is 7.99. The average molecular weight is 438 g/mol. The fraction of sp³-hybridized carbons (Fsp3) is 0.136. The molecule has 0 bridgehead atoms. The van der Waals surface area contributed by atoms with Gasteiger partial charge < -0.3 is 10.2 Å². The molecular weight excluding hydrogens is 421 g/mol. The van der Waals surface area contributed by atoms with Crippen molar-refractivity contribution in [2.75, 3.05) is 16.9 Å². The van der Waals surface area contributed by atoms with Gasteiger partial charge in [-0.05, 0) is 54.1 Å². The highest BCUT2D eigenvalue weighted by atomic mass is 32.2. The van der Waals surface area contributed by atoms with Crippen molar-refractivity contribution in [3.8, 4) is 16.5 Å². The van der Waals surface area contributed by atoms with Crippen LogP contribution in [0.15, 0.2) is 60.7 Å². The molecule has 4 rings (SSSR count). The number of carbonyl (C=O) groups excluding carboxylic acids is 2. The molecule has 1 aliphatic rings. The minimum atomic E-state index is -0.575. The molecule has 2 aromatic carbocycles. The fourth-order valence-electron chi connectivity index (χ4n) is 3.08. The van der Waals surface area contributed by atoms with Gasteiger partial charge in [0.05, 0.1) is 22.4 Å². The Morgan fingerprint density at radius 1 is 1.07 bits per heavy atom. The van der Waals surface area contributed by atoms with E-state index in [4.69, 9.17) is 5.26 Å². The van der Waals surface area contributed by atoms with Gasteiger partial charge in [0, 0.05) is 16.3 Å². The lowest BCUT2D eigenvalue weighted by atomic mass is 10.2. The van der Waals surface area contributed by atoms with Crippen molar-refractivity contribution >= 4 is 40.6 Å². The maximum atomic E-state index is 13.1. The van der Waals surface area contributed by atoms with Crippen molar-refractivity contribution in [3.63, 3.8) is 0 Å². The van der Waals surface area contributed by atoms with Gasteiger partial charge in [-0.1, -0.05) is 12.1 Å². The van der Waals surface area contributed by atoms with Crippen LogP contribution in [0, 0.1) is 17.1 Å². The van der Waals surface area contributed by atoms with E-state index in [9.17, 15) is 14.0 Å². The van der Waals surface area contributed by atoms with Gasteiger partial charge in [0.25, 0.3) is 5.91 Å². The third kappa shape index (κ3) is 4.22. The first-order valence-corrected chi connectivity index (χ1v) is 11.1. The van der Waals surface area contributed by atoms with Crippen molar-refractivity contribution in [2.45, 2.75) is 6.04 Å².